The fourth-order valence-electron chi connectivity index (χ4n) is 2.96. The van der Waals surface area contributed by atoms with Gasteiger partial charge in [0.2, 0.25) is 0 Å². The molecule has 0 amide bonds. The van der Waals surface area contributed by atoms with Crippen molar-refractivity contribution in [3.05, 3.63) is 34.9 Å². The first-order valence-corrected chi connectivity index (χ1v) is 5.96. The molecule has 1 aliphatic carbocycles. The van der Waals surface area contributed by atoms with Gasteiger partial charge in [0.25, 0.3) is 0 Å². The van der Waals surface area contributed by atoms with E-state index in [1.54, 1.807) is 0 Å². The van der Waals surface area contributed by atoms with Gasteiger partial charge in [0.05, 0.1) is 0 Å². The molecule has 1 nitrogen and oxygen atoms in total. The van der Waals surface area contributed by atoms with Gasteiger partial charge in [-0.3, -0.25) is 0 Å². The first kappa shape index (κ1) is 10.7. The van der Waals surface area contributed by atoms with E-state index in [1.807, 2.05) is 0 Å². The molecule has 1 saturated carbocycles. The number of hydrogen-bond donors (Lipinski definition) is 1. The average molecular weight is 203 g/mol. The lowest BCUT2D eigenvalue weighted by molar-refractivity contribution is 0.450. The van der Waals surface area contributed by atoms with Crippen molar-refractivity contribution < 1.29 is 0 Å². The highest BCUT2D eigenvalue weighted by molar-refractivity contribution is 5.39. The van der Waals surface area contributed by atoms with Gasteiger partial charge in [-0.05, 0) is 43.4 Å². The Kier molecular flexibility index (Phi) is 2.83. The SMILES string of the molecule is Cc1cccc(C2(CN)CCCC2)c1C. The van der Waals surface area contributed by atoms with E-state index in [-0.39, 0.29) is 5.41 Å². The van der Waals surface area contributed by atoms with E-state index in [2.05, 4.69) is 32.0 Å². The lowest BCUT2D eigenvalue weighted by atomic mass is 9.76. The first-order chi connectivity index (χ1) is 7.19. The van der Waals surface area contributed by atoms with Crippen LogP contribution in [0, 0.1) is 13.8 Å². The molecule has 0 aliphatic heterocycles. The predicted octanol–water partition coefficient (Wildman–Crippen LogP) is 3.07. The van der Waals surface area contributed by atoms with Gasteiger partial charge in [-0.25, -0.2) is 0 Å². The summed E-state index contributed by atoms with van der Waals surface area (Å²) < 4.78 is 0. The number of benzene rings is 1. The Morgan fingerprint density at radius 2 is 1.87 bits per heavy atom. The van der Waals surface area contributed by atoms with Gasteiger partial charge >= 0.3 is 0 Å². The van der Waals surface area contributed by atoms with Crippen molar-refractivity contribution in [3.8, 4) is 0 Å². The highest BCUT2D eigenvalue weighted by Gasteiger charge is 2.35. The second kappa shape index (κ2) is 3.97. The van der Waals surface area contributed by atoms with E-state index in [9.17, 15) is 0 Å². The van der Waals surface area contributed by atoms with Crippen LogP contribution < -0.4 is 5.73 Å². The Balaban J connectivity index is 2.47. The third kappa shape index (κ3) is 1.69. The van der Waals surface area contributed by atoms with Crippen LogP contribution in [0.15, 0.2) is 18.2 Å². The summed E-state index contributed by atoms with van der Waals surface area (Å²) in [6.45, 7) is 5.23. The minimum Gasteiger partial charge on any atom is -0.330 e. The van der Waals surface area contributed by atoms with Crippen LogP contribution in [-0.4, -0.2) is 6.54 Å². The molecule has 0 radical (unpaired) electrons. The second-order valence-corrected chi connectivity index (χ2v) is 4.94. The maximum Gasteiger partial charge on any atom is 0.00782 e. The molecule has 2 rings (SSSR count). The molecule has 82 valence electrons. The molecule has 0 bridgehead atoms. The van der Waals surface area contributed by atoms with Crippen LogP contribution in [0.3, 0.4) is 0 Å². The maximum absolute atomic E-state index is 6.02. The molecule has 1 aromatic carbocycles. The largest absolute Gasteiger partial charge is 0.330 e. The molecule has 1 fully saturated rings. The summed E-state index contributed by atoms with van der Waals surface area (Å²) in [4.78, 5) is 0. The average Bonchev–Trinajstić information content (AvgIpc) is 2.72. The fraction of sp³-hybridized carbons (Fsp3) is 0.571. The van der Waals surface area contributed by atoms with Gasteiger partial charge in [-0.2, -0.15) is 0 Å². The van der Waals surface area contributed by atoms with Gasteiger partial charge in [0, 0.05) is 12.0 Å². The summed E-state index contributed by atoms with van der Waals surface area (Å²) >= 11 is 0. The smallest absolute Gasteiger partial charge is 0.00782 e. The lowest BCUT2D eigenvalue weighted by Crippen LogP contribution is -2.32. The van der Waals surface area contributed by atoms with Crippen LogP contribution in [0.5, 0.6) is 0 Å². The molecule has 0 unspecified atom stereocenters. The molecule has 0 spiro atoms. The van der Waals surface area contributed by atoms with Crippen molar-refractivity contribution in [2.45, 2.75) is 44.9 Å². The normalized spacial score (nSPS) is 19.4. The number of hydrogen-bond acceptors (Lipinski definition) is 1. The van der Waals surface area contributed by atoms with Crippen molar-refractivity contribution in [3.63, 3.8) is 0 Å². The van der Waals surface area contributed by atoms with E-state index < -0.39 is 0 Å². The Morgan fingerprint density at radius 1 is 1.20 bits per heavy atom. The van der Waals surface area contributed by atoms with E-state index in [1.165, 1.54) is 42.4 Å². The fourth-order valence-corrected chi connectivity index (χ4v) is 2.96. The topological polar surface area (TPSA) is 26.0 Å². The van der Waals surface area contributed by atoms with Crippen LogP contribution >= 0.6 is 0 Å². The first-order valence-electron chi connectivity index (χ1n) is 5.96. The van der Waals surface area contributed by atoms with Crippen molar-refractivity contribution in [2.75, 3.05) is 6.54 Å². The van der Waals surface area contributed by atoms with Crippen molar-refractivity contribution in [1.82, 2.24) is 0 Å². The minimum atomic E-state index is 0.288. The molecule has 0 heterocycles. The quantitative estimate of drug-likeness (QED) is 0.785. The van der Waals surface area contributed by atoms with Crippen LogP contribution in [-0.2, 0) is 5.41 Å². The Bertz CT molecular complexity index is 348. The van der Waals surface area contributed by atoms with E-state index in [0.29, 0.717) is 0 Å². The summed E-state index contributed by atoms with van der Waals surface area (Å²) in [7, 11) is 0. The maximum atomic E-state index is 6.02. The van der Waals surface area contributed by atoms with E-state index in [0.717, 1.165) is 6.54 Å². The van der Waals surface area contributed by atoms with Crippen LogP contribution in [0.4, 0.5) is 0 Å². The molecule has 1 aliphatic rings. The third-order valence-electron chi connectivity index (χ3n) is 4.13. The molecule has 1 heteroatoms. The Morgan fingerprint density at radius 3 is 2.47 bits per heavy atom. The zero-order valence-corrected chi connectivity index (χ0v) is 9.84. The van der Waals surface area contributed by atoms with Crippen molar-refractivity contribution >= 4 is 0 Å². The highest BCUT2D eigenvalue weighted by atomic mass is 14.6. The Hall–Kier alpha value is -0.820. The molecule has 1 aromatic rings. The minimum absolute atomic E-state index is 0.288. The molecule has 0 saturated heterocycles. The van der Waals surface area contributed by atoms with E-state index >= 15 is 0 Å². The molecule has 0 aromatic heterocycles. The molecular weight excluding hydrogens is 182 g/mol. The van der Waals surface area contributed by atoms with Gasteiger partial charge in [0.1, 0.15) is 0 Å². The van der Waals surface area contributed by atoms with Gasteiger partial charge in [-0.1, -0.05) is 31.0 Å². The van der Waals surface area contributed by atoms with E-state index in [4.69, 9.17) is 5.73 Å². The van der Waals surface area contributed by atoms with Gasteiger partial charge in [-0.15, -0.1) is 0 Å². The van der Waals surface area contributed by atoms with Crippen molar-refractivity contribution in [2.24, 2.45) is 5.73 Å². The molecule has 0 atom stereocenters. The monoisotopic (exact) mass is 203 g/mol. The summed E-state index contributed by atoms with van der Waals surface area (Å²) in [6, 6.07) is 6.64. The number of nitrogens with two attached hydrogens (primary N) is 1. The predicted molar refractivity (Wildman–Crippen MR) is 65.1 cm³/mol. The zero-order chi connectivity index (χ0) is 10.9. The lowest BCUT2D eigenvalue weighted by Gasteiger charge is -2.30. The molecule has 15 heavy (non-hydrogen) atoms. The summed E-state index contributed by atoms with van der Waals surface area (Å²) in [5, 5.41) is 0. The molecule has 2 N–H and O–H groups in total. The van der Waals surface area contributed by atoms with Gasteiger partial charge < -0.3 is 5.73 Å². The van der Waals surface area contributed by atoms with Gasteiger partial charge in [0.15, 0.2) is 0 Å². The second-order valence-electron chi connectivity index (χ2n) is 4.94. The van der Waals surface area contributed by atoms with Crippen LogP contribution in [0.25, 0.3) is 0 Å². The number of rotatable bonds is 2. The van der Waals surface area contributed by atoms with Crippen LogP contribution in [0.1, 0.15) is 42.4 Å². The number of aryl methyl sites for hydroxylation is 1. The van der Waals surface area contributed by atoms with Crippen molar-refractivity contribution in [1.29, 1.82) is 0 Å². The summed E-state index contributed by atoms with van der Waals surface area (Å²) in [6.07, 6.45) is 5.22. The summed E-state index contributed by atoms with van der Waals surface area (Å²) in [5.41, 5.74) is 10.7. The zero-order valence-electron chi connectivity index (χ0n) is 9.84. The Labute approximate surface area is 92.7 Å². The molecular formula is C14H21N. The summed E-state index contributed by atoms with van der Waals surface area (Å²) in [5.74, 6) is 0. The highest BCUT2D eigenvalue weighted by Crippen LogP contribution is 2.41. The standard InChI is InChI=1S/C14H21N/c1-11-6-5-7-13(12(11)2)14(10-15)8-3-4-9-14/h5-7H,3-4,8-10,15H2,1-2H3. The third-order valence-corrected chi connectivity index (χ3v) is 4.13. The van der Waals surface area contributed by atoms with Crippen LogP contribution in [0.2, 0.25) is 0 Å².